The molecule has 122 valence electrons. The van der Waals surface area contributed by atoms with Gasteiger partial charge in [-0.05, 0) is 31.6 Å². The van der Waals surface area contributed by atoms with Gasteiger partial charge in [-0.15, -0.1) is 0 Å². The third kappa shape index (κ3) is 6.46. The van der Waals surface area contributed by atoms with Crippen molar-refractivity contribution in [2.45, 2.75) is 84.0 Å². The number of carbonyl (C=O) groups excluding carboxylic acids is 1. The van der Waals surface area contributed by atoms with Crippen LogP contribution in [0.25, 0.3) is 0 Å². The minimum atomic E-state index is -0.982. The first kappa shape index (κ1) is 18.0. The molecule has 0 aromatic heterocycles. The van der Waals surface area contributed by atoms with E-state index in [1.807, 2.05) is 20.8 Å². The second-order valence-corrected chi connectivity index (χ2v) is 6.32. The van der Waals surface area contributed by atoms with Gasteiger partial charge in [0.15, 0.2) is 0 Å². The lowest BCUT2D eigenvalue weighted by atomic mass is 9.97. The second kappa shape index (κ2) is 9.03. The summed E-state index contributed by atoms with van der Waals surface area (Å²) in [5.41, 5.74) is 0. The van der Waals surface area contributed by atoms with E-state index in [9.17, 15) is 14.7 Å². The van der Waals surface area contributed by atoms with Crippen LogP contribution in [-0.4, -0.2) is 35.2 Å². The topological polar surface area (TPSA) is 75.6 Å². The van der Waals surface area contributed by atoms with Crippen molar-refractivity contribution in [3.63, 3.8) is 0 Å². The average Bonchev–Trinajstić information content (AvgIpc) is 2.44. The molecule has 0 aliphatic heterocycles. The van der Waals surface area contributed by atoms with E-state index < -0.39 is 18.1 Å². The van der Waals surface area contributed by atoms with Crippen LogP contribution in [0, 0.1) is 5.92 Å². The molecule has 2 atom stereocenters. The highest BCUT2D eigenvalue weighted by Gasteiger charge is 2.27. The maximum atomic E-state index is 12.2. The monoisotopic (exact) mass is 299 g/mol. The Balaban J connectivity index is 2.53. The highest BCUT2D eigenvalue weighted by molar-refractivity contribution is 5.86. The van der Waals surface area contributed by atoms with Crippen LogP contribution in [0.3, 0.4) is 0 Å². The normalized spacial score (nSPS) is 19.2. The molecule has 1 fully saturated rings. The van der Waals surface area contributed by atoms with Gasteiger partial charge in [0.1, 0.15) is 12.1 Å². The number of ether oxygens (including phenoxy) is 1. The Kier molecular flexibility index (Phi) is 7.72. The lowest BCUT2D eigenvalue weighted by Gasteiger charge is -2.27. The Labute approximate surface area is 127 Å². The largest absolute Gasteiger partial charge is 0.480 e. The Bertz CT molecular complexity index is 337. The van der Waals surface area contributed by atoms with Crippen molar-refractivity contribution in [3.8, 4) is 0 Å². The summed E-state index contributed by atoms with van der Waals surface area (Å²) in [6.07, 6.45) is 6.12. The Morgan fingerprint density at radius 3 is 2.33 bits per heavy atom. The van der Waals surface area contributed by atoms with Gasteiger partial charge >= 0.3 is 5.97 Å². The smallest absolute Gasteiger partial charge is 0.326 e. The molecule has 1 amide bonds. The molecular formula is C16H29NO4. The summed E-state index contributed by atoms with van der Waals surface area (Å²) in [6, 6.07) is -0.832. The standard InChI is InChI=1S/C16H29NO4/c1-4-14(21-12-8-6-5-7-9-12)15(18)17-13(16(19)20)10-11(2)3/h11-14H,4-10H2,1-3H3,(H,17,18)(H,19,20). The van der Waals surface area contributed by atoms with Crippen molar-refractivity contribution in [2.24, 2.45) is 5.92 Å². The van der Waals surface area contributed by atoms with Crippen LogP contribution < -0.4 is 5.32 Å². The first-order chi connectivity index (χ1) is 9.93. The molecule has 0 heterocycles. The van der Waals surface area contributed by atoms with Gasteiger partial charge < -0.3 is 15.2 Å². The summed E-state index contributed by atoms with van der Waals surface area (Å²) in [7, 11) is 0. The molecule has 1 aliphatic carbocycles. The lowest BCUT2D eigenvalue weighted by molar-refractivity contribution is -0.147. The van der Waals surface area contributed by atoms with Crippen LogP contribution in [0.5, 0.6) is 0 Å². The van der Waals surface area contributed by atoms with Crippen molar-refractivity contribution in [2.75, 3.05) is 0 Å². The minimum Gasteiger partial charge on any atom is -0.480 e. The highest BCUT2D eigenvalue weighted by Crippen LogP contribution is 2.22. The van der Waals surface area contributed by atoms with E-state index in [0.717, 1.165) is 25.7 Å². The fraction of sp³-hybridized carbons (Fsp3) is 0.875. The van der Waals surface area contributed by atoms with Gasteiger partial charge in [0.2, 0.25) is 5.91 Å². The fourth-order valence-corrected chi connectivity index (χ4v) is 2.73. The molecular weight excluding hydrogens is 270 g/mol. The average molecular weight is 299 g/mol. The molecule has 21 heavy (non-hydrogen) atoms. The SMILES string of the molecule is CCC(OC1CCCCC1)C(=O)NC(CC(C)C)C(=O)O. The number of nitrogens with one attached hydrogen (secondary N) is 1. The summed E-state index contributed by atoms with van der Waals surface area (Å²) in [4.78, 5) is 23.5. The number of carboxylic acids is 1. The molecule has 0 aromatic rings. The zero-order valence-corrected chi connectivity index (χ0v) is 13.4. The van der Waals surface area contributed by atoms with Gasteiger partial charge in [0, 0.05) is 0 Å². The van der Waals surface area contributed by atoms with E-state index in [1.54, 1.807) is 0 Å². The minimum absolute atomic E-state index is 0.142. The molecule has 0 spiro atoms. The van der Waals surface area contributed by atoms with Crippen LogP contribution in [0.1, 0.15) is 65.7 Å². The van der Waals surface area contributed by atoms with E-state index in [1.165, 1.54) is 6.42 Å². The molecule has 0 radical (unpaired) electrons. The number of hydrogen-bond acceptors (Lipinski definition) is 3. The molecule has 1 saturated carbocycles. The van der Waals surface area contributed by atoms with Crippen LogP contribution in [0.15, 0.2) is 0 Å². The second-order valence-electron chi connectivity index (χ2n) is 6.32. The Hall–Kier alpha value is -1.10. The third-order valence-electron chi connectivity index (χ3n) is 3.89. The third-order valence-corrected chi connectivity index (χ3v) is 3.89. The van der Waals surface area contributed by atoms with Gasteiger partial charge in [-0.25, -0.2) is 4.79 Å². The molecule has 5 heteroatoms. The van der Waals surface area contributed by atoms with Gasteiger partial charge in [0.05, 0.1) is 6.10 Å². The summed E-state index contributed by atoms with van der Waals surface area (Å²) in [5.74, 6) is -1.06. The van der Waals surface area contributed by atoms with Crippen LogP contribution in [0.4, 0.5) is 0 Å². The molecule has 0 bridgehead atoms. The molecule has 1 rings (SSSR count). The molecule has 1 aliphatic rings. The van der Waals surface area contributed by atoms with Gasteiger partial charge in [0.25, 0.3) is 0 Å². The Morgan fingerprint density at radius 1 is 1.24 bits per heavy atom. The zero-order valence-electron chi connectivity index (χ0n) is 13.4. The maximum absolute atomic E-state index is 12.2. The van der Waals surface area contributed by atoms with Crippen molar-refractivity contribution >= 4 is 11.9 Å². The number of hydrogen-bond donors (Lipinski definition) is 2. The molecule has 0 saturated heterocycles. The van der Waals surface area contributed by atoms with Gasteiger partial charge in [-0.2, -0.15) is 0 Å². The fourth-order valence-electron chi connectivity index (χ4n) is 2.73. The number of carbonyl (C=O) groups is 2. The first-order valence-corrected chi connectivity index (χ1v) is 8.12. The summed E-state index contributed by atoms with van der Waals surface area (Å²) < 4.78 is 5.88. The van der Waals surface area contributed by atoms with Gasteiger partial charge in [-0.3, -0.25) is 4.79 Å². The van der Waals surface area contributed by atoms with E-state index in [-0.39, 0.29) is 17.9 Å². The predicted octanol–water partition coefficient (Wildman–Crippen LogP) is 2.73. The molecule has 2 unspecified atom stereocenters. The van der Waals surface area contributed by atoms with Crippen molar-refractivity contribution in [1.29, 1.82) is 0 Å². The first-order valence-electron chi connectivity index (χ1n) is 8.12. The number of amides is 1. The van der Waals surface area contributed by atoms with E-state index >= 15 is 0 Å². The zero-order chi connectivity index (χ0) is 15.8. The van der Waals surface area contributed by atoms with E-state index in [0.29, 0.717) is 12.8 Å². The quantitative estimate of drug-likeness (QED) is 0.722. The van der Waals surface area contributed by atoms with E-state index in [2.05, 4.69) is 5.32 Å². The maximum Gasteiger partial charge on any atom is 0.326 e. The molecule has 0 aromatic carbocycles. The van der Waals surface area contributed by atoms with E-state index in [4.69, 9.17) is 4.74 Å². The molecule has 5 nitrogen and oxygen atoms in total. The van der Waals surface area contributed by atoms with Gasteiger partial charge in [-0.1, -0.05) is 40.0 Å². The number of aliphatic carboxylic acids is 1. The number of carboxylic acid groups (broad SMARTS) is 1. The van der Waals surface area contributed by atoms with Crippen LogP contribution >= 0.6 is 0 Å². The van der Waals surface area contributed by atoms with Crippen molar-refractivity contribution in [3.05, 3.63) is 0 Å². The van der Waals surface area contributed by atoms with Crippen molar-refractivity contribution in [1.82, 2.24) is 5.32 Å². The Morgan fingerprint density at radius 2 is 1.86 bits per heavy atom. The van der Waals surface area contributed by atoms with Crippen LogP contribution in [0.2, 0.25) is 0 Å². The lowest BCUT2D eigenvalue weighted by Crippen LogP contribution is -2.47. The summed E-state index contributed by atoms with van der Waals surface area (Å²) in [6.45, 7) is 5.78. The number of rotatable bonds is 8. The van der Waals surface area contributed by atoms with Crippen molar-refractivity contribution < 1.29 is 19.4 Å². The summed E-state index contributed by atoms with van der Waals surface area (Å²) >= 11 is 0. The predicted molar refractivity (Wildman–Crippen MR) is 81.1 cm³/mol. The van der Waals surface area contributed by atoms with Crippen LogP contribution in [-0.2, 0) is 14.3 Å². The molecule has 2 N–H and O–H groups in total. The highest BCUT2D eigenvalue weighted by atomic mass is 16.5. The summed E-state index contributed by atoms with van der Waals surface area (Å²) in [5, 5.41) is 11.8.